The molecule has 8 nitrogen and oxygen atoms in total. The highest BCUT2D eigenvalue weighted by Crippen LogP contribution is 2.57. The molecule has 3 aromatic carbocycles. The van der Waals surface area contributed by atoms with Gasteiger partial charge in [0.25, 0.3) is 8.32 Å². The average molecular weight is 833 g/mol. The van der Waals surface area contributed by atoms with Crippen molar-refractivity contribution < 1.29 is 37.7 Å². The number of allylic oxidation sites excluding steroid dienone is 3. The van der Waals surface area contributed by atoms with Gasteiger partial charge in [-0.3, -0.25) is 0 Å². The molecule has 1 fully saturated rings. The van der Waals surface area contributed by atoms with E-state index >= 15 is 0 Å². The van der Waals surface area contributed by atoms with Crippen molar-refractivity contribution in [2.24, 2.45) is 23.2 Å². The third-order valence-corrected chi connectivity index (χ3v) is 18.3. The monoisotopic (exact) mass is 832 g/mol. The maximum Gasteiger partial charge on any atom is 0.342 e. The molecule has 3 aromatic rings. The lowest BCUT2D eigenvalue weighted by Crippen LogP contribution is -2.66. The zero-order chi connectivity index (χ0) is 42.5. The third kappa shape index (κ3) is 8.93. The summed E-state index contributed by atoms with van der Waals surface area (Å²) in [6, 6.07) is 29.3. The number of carbonyl (C=O) groups excluding carboxylic acids is 2. The summed E-state index contributed by atoms with van der Waals surface area (Å²) in [4.78, 5) is 28.0. The van der Waals surface area contributed by atoms with Gasteiger partial charge in [-0.2, -0.15) is 0 Å². The molecular formula is C51H64O8Si. The molecule has 2 bridgehead atoms. The summed E-state index contributed by atoms with van der Waals surface area (Å²) in [5.41, 5.74) is 2.21. The van der Waals surface area contributed by atoms with Crippen LogP contribution in [0.5, 0.6) is 5.75 Å². The minimum Gasteiger partial charge on any atom is -0.497 e. The molecule has 2 aliphatic carbocycles. The Balaban J connectivity index is 1.33. The summed E-state index contributed by atoms with van der Waals surface area (Å²) in [6.45, 7) is 14.2. The zero-order valence-corrected chi connectivity index (χ0v) is 37.7. The number of carbonyl (C=O) groups is 2. The summed E-state index contributed by atoms with van der Waals surface area (Å²) in [6.07, 6.45) is 12.4. The molecule has 0 amide bonds. The molecule has 7 rings (SSSR count). The summed E-state index contributed by atoms with van der Waals surface area (Å²) >= 11 is 0. The van der Waals surface area contributed by atoms with Crippen molar-refractivity contribution in [3.8, 4) is 5.75 Å². The number of unbranched alkanes of at least 4 members (excludes halogenated alkanes) is 3. The van der Waals surface area contributed by atoms with Gasteiger partial charge in [-0.25, -0.2) is 9.59 Å². The molecule has 1 spiro atoms. The van der Waals surface area contributed by atoms with Crippen LogP contribution in [0.1, 0.15) is 92.1 Å². The molecular weight excluding hydrogens is 769 g/mol. The molecule has 0 radical (unpaired) electrons. The number of benzene rings is 3. The minimum absolute atomic E-state index is 0.0798. The van der Waals surface area contributed by atoms with E-state index < -0.39 is 43.5 Å². The van der Waals surface area contributed by atoms with Crippen molar-refractivity contribution in [2.45, 2.75) is 110 Å². The van der Waals surface area contributed by atoms with Crippen molar-refractivity contribution in [3.63, 3.8) is 0 Å². The number of hydrogen-bond acceptors (Lipinski definition) is 8. The van der Waals surface area contributed by atoms with Crippen molar-refractivity contribution >= 4 is 30.6 Å². The largest absolute Gasteiger partial charge is 0.497 e. The molecule has 4 aliphatic rings. The van der Waals surface area contributed by atoms with Crippen LogP contribution in [0.4, 0.5) is 0 Å². The second-order valence-electron chi connectivity index (χ2n) is 18.6. The smallest absolute Gasteiger partial charge is 0.342 e. The predicted molar refractivity (Wildman–Crippen MR) is 237 cm³/mol. The van der Waals surface area contributed by atoms with E-state index in [0.29, 0.717) is 44.0 Å². The van der Waals surface area contributed by atoms with Gasteiger partial charge in [-0.05, 0) is 103 Å². The fourth-order valence-corrected chi connectivity index (χ4v) is 14.8. The zero-order valence-electron chi connectivity index (χ0n) is 36.7. The standard InChI is InChI=1S/C51H64O8Si/c1-8-9-10-11-12-15-20-37-31-43-46(55-33-36-25-27-38(54-7)28-26-36)44(45-42(47(52)59-48(45)53)32-51(43)34-56-50(5,6)57-35-51)41(37)29-30-58-60(49(2,3)4,39-21-16-13-17-22-39)40-23-18-14-19-24-40/h8-9,13-14,16-19,21-28,31,37,41,44,46H,10-12,15,20,29-30,32-35H2,1-7H3/b9-8+/t37-,41+,44+,46+/m1/s1. The van der Waals surface area contributed by atoms with Crippen LogP contribution in [0, 0.1) is 23.2 Å². The second kappa shape index (κ2) is 18.5. The highest BCUT2D eigenvalue weighted by atomic mass is 28.4. The Morgan fingerprint density at radius 3 is 2.08 bits per heavy atom. The quantitative estimate of drug-likeness (QED) is 0.0464. The second-order valence-corrected chi connectivity index (χ2v) is 22.9. The van der Waals surface area contributed by atoms with Gasteiger partial charge in [0.1, 0.15) is 5.75 Å². The molecule has 4 atom stereocenters. The van der Waals surface area contributed by atoms with Crippen LogP contribution in [-0.2, 0) is 39.6 Å². The lowest BCUT2D eigenvalue weighted by molar-refractivity contribution is -0.280. The van der Waals surface area contributed by atoms with Crippen molar-refractivity contribution in [3.05, 3.63) is 125 Å². The first kappa shape index (κ1) is 43.9. The van der Waals surface area contributed by atoms with E-state index in [9.17, 15) is 9.59 Å². The molecule has 0 aromatic heterocycles. The van der Waals surface area contributed by atoms with Gasteiger partial charge in [0.2, 0.25) is 0 Å². The van der Waals surface area contributed by atoms with Crippen LogP contribution in [-0.4, -0.2) is 59.1 Å². The summed E-state index contributed by atoms with van der Waals surface area (Å²) < 4.78 is 38.6. The van der Waals surface area contributed by atoms with Crippen molar-refractivity contribution in [1.82, 2.24) is 0 Å². The normalized spacial score (nSPS) is 23.7. The first-order valence-electron chi connectivity index (χ1n) is 21.9. The summed E-state index contributed by atoms with van der Waals surface area (Å²) in [7, 11) is -1.22. The molecule has 320 valence electrons. The molecule has 60 heavy (non-hydrogen) atoms. The van der Waals surface area contributed by atoms with E-state index in [4.69, 9.17) is 28.1 Å². The molecule has 0 saturated carbocycles. The van der Waals surface area contributed by atoms with Crippen molar-refractivity contribution in [1.29, 1.82) is 0 Å². The predicted octanol–water partition coefficient (Wildman–Crippen LogP) is 9.42. The van der Waals surface area contributed by atoms with E-state index in [-0.39, 0.29) is 23.3 Å². The number of ether oxygens (including phenoxy) is 5. The van der Waals surface area contributed by atoms with Crippen LogP contribution in [0.15, 0.2) is 120 Å². The van der Waals surface area contributed by atoms with Crippen LogP contribution in [0.3, 0.4) is 0 Å². The molecule has 2 heterocycles. The Kier molecular flexibility index (Phi) is 13.5. The van der Waals surface area contributed by atoms with E-state index in [1.54, 1.807) is 7.11 Å². The minimum atomic E-state index is -2.88. The molecule has 0 unspecified atom stereocenters. The number of cyclic esters (lactones) is 2. The van der Waals surface area contributed by atoms with E-state index in [1.165, 1.54) is 10.4 Å². The van der Waals surface area contributed by atoms with Crippen LogP contribution >= 0.6 is 0 Å². The first-order valence-corrected chi connectivity index (χ1v) is 23.8. The third-order valence-electron chi connectivity index (χ3n) is 13.3. The summed E-state index contributed by atoms with van der Waals surface area (Å²) in [5.74, 6) is -1.59. The Morgan fingerprint density at radius 1 is 0.833 bits per heavy atom. The highest BCUT2D eigenvalue weighted by Gasteiger charge is 2.59. The Bertz CT molecular complexity index is 2000. The van der Waals surface area contributed by atoms with E-state index in [1.807, 2.05) is 38.1 Å². The van der Waals surface area contributed by atoms with Gasteiger partial charge in [0.15, 0.2) is 5.79 Å². The van der Waals surface area contributed by atoms with Crippen molar-refractivity contribution in [2.75, 3.05) is 26.9 Å². The number of rotatable bonds is 16. The van der Waals surface area contributed by atoms with Crippen LogP contribution in [0.2, 0.25) is 5.04 Å². The van der Waals surface area contributed by atoms with Gasteiger partial charge >= 0.3 is 11.9 Å². The number of esters is 2. The number of hydrogen-bond donors (Lipinski definition) is 0. The maximum absolute atomic E-state index is 14.2. The van der Waals surface area contributed by atoms with Gasteiger partial charge in [0, 0.05) is 23.5 Å². The highest BCUT2D eigenvalue weighted by molar-refractivity contribution is 6.99. The van der Waals surface area contributed by atoms with Crippen LogP contribution < -0.4 is 15.1 Å². The Morgan fingerprint density at radius 2 is 1.48 bits per heavy atom. The van der Waals surface area contributed by atoms with Gasteiger partial charge in [-0.1, -0.05) is 125 Å². The Labute approximate surface area is 358 Å². The van der Waals surface area contributed by atoms with E-state index in [2.05, 4.69) is 107 Å². The lowest BCUT2D eigenvalue weighted by Gasteiger charge is -2.50. The summed E-state index contributed by atoms with van der Waals surface area (Å²) in [5, 5.41) is 2.24. The molecule has 0 N–H and O–H groups in total. The van der Waals surface area contributed by atoms with Gasteiger partial charge < -0.3 is 28.1 Å². The number of methoxy groups -OCH3 is 1. The van der Waals surface area contributed by atoms with Crippen LogP contribution in [0.25, 0.3) is 0 Å². The SMILES string of the molecule is C/C=C/CCCCC[C@@H]1C=C2[C@H](OCc3ccc(OC)cc3)[C@H](C3=C(CC24COC(C)(C)OC4)C(=O)OC3=O)[C@H]1CCO[Si](c1ccccc1)(c1ccccc1)C(C)(C)C. The fraction of sp³-hybridized carbons (Fsp3) is 0.490. The van der Waals surface area contributed by atoms with E-state index in [0.717, 1.165) is 49.0 Å². The first-order chi connectivity index (χ1) is 28.8. The average Bonchev–Trinajstić information content (AvgIpc) is 3.47. The maximum atomic E-state index is 14.2. The molecule has 9 heteroatoms. The van der Waals surface area contributed by atoms with Gasteiger partial charge in [-0.15, -0.1) is 0 Å². The lowest BCUT2D eigenvalue weighted by atomic mass is 9.62. The molecule has 1 saturated heterocycles. The Hall–Kier alpha value is -4.12. The number of fused-ring (bicyclic) bond motifs is 4. The molecule has 2 aliphatic heterocycles. The topological polar surface area (TPSA) is 89.5 Å². The van der Waals surface area contributed by atoms with Gasteiger partial charge in [0.05, 0.1) is 38.6 Å². The fourth-order valence-electron chi connectivity index (χ4n) is 10.2.